The van der Waals surface area contributed by atoms with Crippen LogP contribution in [0.4, 0.5) is 0 Å². The van der Waals surface area contributed by atoms with Crippen molar-refractivity contribution >= 4 is 91.4 Å². The number of carboxylic acid groups (broad SMARTS) is 5. The number of carbonyl (C=O) groups is 5. The Morgan fingerprint density at radius 3 is 0.990 bits per heavy atom. The average molecular weight is 1490 g/mol. The van der Waals surface area contributed by atoms with E-state index in [9.17, 15) is 24.0 Å². The van der Waals surface area contributed by atoms with Gasteiger partial charge < -0.3 is 76.2 Å². The Labute approximate surface area is 597 Å². The molecule has 9 N–H and O–H groups in total. The monoisotopic (exact) mass is 1490 g/mol. The van der Waals surface area contributed by atoms with Crippen LogP contribution in [0.15, 0.2) is 0 Å². The molecule has 0 aromatic rings. The highest BCUT2D eigenvalue weighted by Crippen LogP contribution is 2.19. The van der Waals surface area contributed by atoms with Crippen molar-refractivity contribution in [3.63, 3.8) is 0 Å². The van der Waals surface area contributed by atoms with Crippen LogP contribution in [0.1, 0.15) is 65.2 Å². The topological polar surface area (TPSA) is 616 Å². The number of hydrogen-bond donors (Lipinski definition) is 7. The van der Waals surface area contributed by atoms with Crippen LogP contribution in [-0.2, 0) is 120 Å². The van der Waals surface area contributed by atoms with Gasteiger partial charge in [0.25, 0.3) is 0 Å². The van der Waals surface area contributed by atoms with Gasteiger partial charge in [-0.05, 0) is 154 Å². The van der Waals surface area contributed by atoms with Crippen molar-refractivity contribution < 1.29 is 145 Å². The van der Waals surface area contributed by atoms with Gasteiger partial charge in [0.2, 0.25) is 0 Å². The van der Waals surface area contributed by atoms with Gasteiger partial charge in [0.15, 0.2) is 0 Å². The summed E-state index contributed by atoms with van der Waals surface area (Å²) in [4.78, 5) is 239. The quantitative estimate of drug-likeness (QED) is 0.0358. The van der Waals surface area contributed by atoms with Gasteiger partial charge in [-0.25, -0.2) is 0 Å². The van der Waals surface area contributed by atoms with Crippen molar-refractivity contribution in [2.45, 2.75) is 70.8 Å². The molecule has 2 saturated heterocycles. The molecule has 2 rings (SSSR count). The van der Waals surface area contributed by atoms with Gasteiger partial charge in [0.1, 0.15) is 0 Å². The zero-order valence-electron chi connectivity index (χ0n) is 60.6. The number of hydrogen-bond acceptors (Lipinski definition) is 38. The summed E-state index contributed by atoms with van der Waals surface area (Å²) in [6.45, 7) is 23.4. The molecule has 2 heterocycles. The van der Waals surface area contributed by atoms with Crippen LogP contribution >= 0.6 is 0 Å². The highest BCUT2D eigenvalue weighted by Gasteiger charge is 2.33. The summed E-state index contributed by atoms with van der Waals surface area (Å²) in [5.74, 6) is -4.76. The predicted molar refractivity (Wildman–Crippen MR) is 342 cm³/mol. The summed E-state index contributed by atoms with van der Waals surface area (Å²) in [5, 5.41) is 43.5. The average Bonchev–Trinajstić information content (AvgIpc) is 1.77. The minimum absolute atomic E-state index is 0.157. The van der Waals surface area contributed by atoms with Crippen molar-refractivity contribution in [1.82, 2.24) is 53.9 Å². The standard InChI is InChI=1S/C16H34N4O2.C14H32N4.C12H25N3O4.C8H16N2O4.10CO2/c1-4-19-9-5-7-17(2)11-12-18(3)8-6-10-20(14-13-19)15-16(21)22;1-14(16(2)3)12-17(4)10-11-18(13-14)9-7-5-6-8-15;1-14(6-4-2-3-5-13)7-8-15(9-11(16)17)10-12(18)19;1-9(2)3-4-10(5-7(11)12)6-8(13)14;10*2-1-3/h4-15H2,1-3H3,(H,21,22);5-13,15H2,1-4H3;2-10,13H2,1H3,(H,16,17)(H,18,19);3-6H2,1-2H3,(H,11,12)(H,13,14);;;;;;;;;;. The van der Waals surface area contributed by atoms with Gasteiger partial charge in [-0.1, -0.05) is 19.8 Å². The Bertz CT molecular complexity index is 2180. The Morgan fingerprint density at radius 1 is 0.369 bits per heavy atom. The van der Waals surface area contributed by atoms with Crippen LogP contribution in [-0.4, -0.2) is 403 Å². The lowest BCUT2D eigenvalue weighted by Crippen LogP contribution is -2.54. The second-order valence-corrected chi connectivity index (χ2v) is 21.5. The summed E-state index contributed by atoms with van der Waals surface area (Å²) >= 11 is 0. The highest BCUT2D eigenvalue weighted by molar-refractivity contribution is 5.73. The maximum absolute atomic E-state index is 11.0. The Kier molecular flexibility index (Phi) is 116. The first-order valence-electron chi connectivity index (χ1n) is 30.6. The van der Waals surface area contributed by atoms with E-state index in [1.165, 1.54) is 61.7 Å². The smallest absolute Gasteiger partial charge is 0.373 e. The Balaban J connectivity index is -0.0000000950. The SMILES string of the molecule is CCN1CCCN(C)CCN(C)CCCN(CC(=O)O)CC1.CN(C)CCN(CC(=O)O)CC(=O)O.CN(CCCCCN)CCN(CC(=O)O)CC(=O)O.CN1CCN(CCCCCN)CC(C)(N(C)C)C1.O=C=O.O=C=O.O=C=O.O=C=O.O=C=O.O=C=O.O=C=O.O=C=O.O=C=O.O=C=O. The third kappa shape index (κ3) is 126. The third-order valence-corrected chi connectivity index (χ3v) is 13.0. The van der Waals surface area contributed by atoms with Gasteiger partial charge in [0.05, 0.1) is 32.7 Å². The normalized spacial score (nSPS) is 14.1. The second-order valence-electron chi connectivity index (χ2n) is 21.5. The van der Waals surface area contributed by atoms with E-state index in [1.54, 1.807) is 0 Å². The molecule has 0 aromatic carbocycles. The number of nitrogens with zero attached hydrogens (tertiary/aromatic N) is 11. The van der Waals surface area contributed by atoms with Crippen LogP contribution in [0.2, 0.25) is 0 Å². The maximum Gasteiger partial charge on any atom is 0.373 e. The molecular formula is C60H107N13O30. The van der Waals surface area contributed by atoms with Crippen LogP contribution < -0.4 is 11.5 Å². The molecule has 592 valence electrons. The summed E-state index contributed by atoms with van der Waals surface area (Å²) < 4.78 is 0. The second kappa shape index (κ2) is 99.0. The molecule has 0 spiro atoms. The van der Waals surface area contributed by atoms with Gasteiger partial charge in [0, 0.05) is 90.6 Å². The molecular weight excluding hydrogens is 1380 g/mol. The van der Waals surface area contributed by atoms with E-state index in [-0.39, 0.29) is 99.8 Å². The molecule has 43 heteroatoms. The number of aliphatic carboxylic acids is 5. The minimum Gasteiger partial charge on any atom is -0.480 e. The van der Waals surface area contributed by atoms with E-state index in [1.807, 2.05) is 26.0 Å². The molecule has 2 aliphatic heterocycles. The minimum atomic E-state index is -1.01. The zero-order chi connectivity index (χ0) is 82.9. The lowest BCUT2D eigenvalue weighted by Gasteiger charge is -2.39. The Morgan fingerprint density at radius 2 is 0.680 bits per heavy atom. The molecule has 1 atom stereocenters. The molecule has 103 heavy (non-hydrogen) atoms. The number of nitrogens with two attached hydrogens (primary N) is 2. The first-order chi connectivity index (χ1) is 48.5. The van der Waals surface area contributed by atoms with Gasteiger partial charge >= 0.3 is 91.4 Å². The maximum atomic E-state index is 11.0. The lowest BCUT2D eigenvalue weighted by molar-refractivity contribution is -0.193. The molecule has 2 aliphatic rings. The fourth-order valence-electron chi connectivity index (χ4n) is 8.24. The van der Waals surface area contributed by atoms with Crippen LogP contribution in [0.25, 0.3) is 0 Å². The van der Waals surface area contributed by atoms with Crippen molar-refractivity contribution in [3.8, 4) is 0 Å². The van der Waals surface area contributed by atoms with Crippen LogP contribution in [0.3, 0.4) is 0 Å². The van der Waals surface area contributed by atoms with E-state index >= 15 is 0 Å². The molecule has 43 nitrogen and oxygen atoms in total. The first-order valence-corrected chi connectivity index (χ1v) is 30.6. The van der Waals surface area contributed by atoms with Gasteiger partial charge in [-0.3, -0.25) is 38.7 Å². The van der Waals surface area contributed by atoms with Crippen molar-refractivity contribution in [1.29, 1.82) is 0 Å². The number of carboxylic acids is 5. The zero-order valence-corrected chi connectivity index (χ0v) is 60.6. The molecule has 0 amide bonds. The van der Waals surface area contributed by atoms with Crippen molar-refractivity contribution in [2.24, 2.45) is 11.5 Å². The number of unbranched alkanes of at least 4 members (excludes halogenated alkanes) is 4. The largest absolute Gasteiger partial charge is 0.480 e. The molecule has 0 aromatic heterocycles. The fraction of sp³-hybridized carbons (Fsp3) is 0.750. The van der Waals surface area contributed by atoms with E-state index < -0.39 is 29.8 Å². The third-order valence-electron chi connectivity index (χ3n) is 13.0. The van der Waals surface area contributed by atoms with E-state index in [4.69, 9.17) is 133 Å². The number of carbonyl (C=O) groups excluding carboxylic acids is 20. The molecule has 0 radical (unpaired) electrons. The fourth-order valence-corrected chi connectivity index (χ4v) is 8.24. The summed E-state index contributed by atoms with van der Waals surface area (Å²) in [7, 11) is 16.6. The van der Waals surface area contributed by atoms with Gasteiger partial charge in [-0.15, -0.1) is 0 Å². The summed E-state index contributed by atoms with van der Waals surface area (Å²) in [5.41, 5.74) is 11.2. The predicted octanol–water partition coefficient (Wildman–Crippen LogP) is -6.26. The van der Waals surface area contributed by atoms with Crippen LogP contribution in [0, 0.1) is 0 Å². The lowest BCUT2D eigenvalue weighted by atomic mass is 10.00. The number of likely N-dealkylation sites (N-methyl/N-ethyl adjacent to an activating group) is 7. The van der Waals surface area contributed by atoms with Gasteiger partial charge in [-0.2, -0.15) is 95.9 Å². The molecule has 1 unspecified atom stereocenters. The number of rotatable bonds is 28. The molecule has 0 bridgehead atoms. The molecule has 2 fully saturated rings. The molecule has 0 saturated carbocycles. The van der Waals surface area contributed by atoms with Crippen molar-refractivity contribution in [3.05, 3.63) is 0 Å². The van der Waals surface area contributed by atoms with Crippen molar-refractivity contribution in [2.75, 3.05) is 227 Å². The van der Waals surface area contributed by atoms with E-state index in [0.29, 0.717) is 32.7 Å². The van der Waals surface area contributed by atoms with Crippen LogP contribution in [0.5, 0.6) is 0 Å². The highest BCUT2D eigenvalue weighted by atomic mass is 16.4. The Hall–Kier alpha value is -9.37. The van der Waals surface area contributed by atoms with E-state index in [0.717, 1.165) is 104 Å². The summed E-state index contributed by atoms with van der Waals surface area (Å²) in [6, 6.07) is 0. The van der Waals surface area contributed by atoms with E-state index in [2.05, 4.69) is 88.3 Å². The first kappa shape index (κ1) is 121. The summed E-state index contributed by atoms with van der Waals surface area (Å²) in [6.07, 6.45) is 11.6. The molecule has 0 aliphatic carbocycles.